The van der Waals surface area contributed by atoms with E-state index in [9.17, 15) is 0 Å². The Balaban J connectivity index is 2.19. The van der Waals surface area contributed by atoms with Crippen LogP contribution in [0, 0.1) is 6.92 Å². The predicted octanol–water partition coefficient (Wildman–Crippen LogP) is 2.64. The molecule has 0 bridgehead atoms. The Morgan fingerprint density at radius 2 is 2.22 bits per heavy atom. The van der Waals surface area contributed by atoms with E-state index in [2.05, 4.69) is 35.3 Å². The molecule has 2 aromatic heterocycles. The van der Waals surface area contributed by atoms with Gasteiger partial charge >= 0.3 is 0 Å². The van der Waals surface area contributed by atoms with Gasteiger partial charge in [-0.3, -0.25) is 0 Å². The highest BCUT2D eigenvalue weighted by molar-refractivity contribution is 5.29. The molecule has 0 amide bonds. The molecule has 0 aliphatic carbocycles. The Hall–Kier alpha value is -1.68. The molecule has 0 aliphatic heterocycles. The second-order valence-electron chi connectivity index (χ2n) is 4.52. The molecule has 2 heterocycles. The van der Waals surface area contributed by atoms with Crippen LogP contribution < -0.4 is 5.32 Å². The van der Waals surface area contributed by atoms with E-state index in [4.69, 9.17) is 0 Å². The van der Waals surface area contributed by atoms with Crippen LogP contribution >= 0.6 is 0 Å². The molecule has 2 rings (SSSR count). The van der Waals surface area contributed by atoms with Crippen molar-refractivity contribution < 1.29 is 0 Å². The number of nitrogens with one attached hydrogen (secondary N) is 1. The van der Waals surface area contributed by atoms with Gasteiger partial charge in [-0.05, 0) is 50.6 Å². The number of rotatable bonds is 5. The maximum atomic E-state index is 4.38. The molecule has 0 saturated heterocycles. The van der Waals surface area contributed by atoms with Crippen molar-refractivity contribution >= 4 is 0 Å². The zero-order chi connectivity index (χ0) is 13.0. The highest BCUT2D eigenvalue weighted by atomic mass is 15.3. The fourth-order valence-electron chi connectivity index (χ4n) is 1.85. The van der Waals surface area contributed by atoms with Gasteiger partial charge in [-0.2, -0.15) is 5.10 Å². The minimum Gasteiger partial charge on any atom is -0.310 e. The van der Waals surface area contributed by atoms with Crippen molar-refractivity contribution in [2.24, 2.45) is 0 Å². The molecule has 0 radical (unpaired) electrons. The summed E-state index contributed by atoms with van der Waals surface area (Å²) >= 11 is 0. The first-order valence-electron chi connectivity index (χ1n) is 6.42. The Morgan fingerprint density at radius 1 is 1.39 bits per heavy atom. The van der Waals surface area contributed by atoms with E-state index in [1.165, 1.54) is 5.56 Å². The summed E-state index contributed by atoms with van der Waals surface area (Å²) < 4.78 is 1.81. The van der Waals surface area contributed by atoms with Gasteiger partial charge in [0, 0.05) is 18.4 Å². The summed E-state index contributed by atoms with van der Waals surface area (Å²) in [6, 6.07) is 6.45. The lowest BCUT2D eigenvalue weighted by Crippen LogP contribution is -2.19. The molecule has 4 heteroatoms. The van der Waals surface area contributed by atoms with Gasteiger partial charge in [-0.1, -0.05) is 6.92 Å². The van der Waals surface area contributed by atoms with Crippen molar-refractivity contribution in [2.45, 2.75) is 33.2 Å². The van der Waals surface area contributed by atoms with E-state index in [0.717, 1.165) is 24.5 Å². The number of hydrogen-bond acceptors (Lipinski definition) is 3. The Bertz CT molecular complexity index is 504. The third-order valence-electron chi connectivity index (χ3n) is 2.93. The van der Waals surface area contributed by atoms with Crippen LogP contribution in [0.2, 0.25) is 0 Å². The van der Waals surface area contributed by atoms with Crippen molar-refractivity contribution in [1.29, 1.82) is 0 Å². The maximum absolute atomic E-state index is 4.38. The fraction of sp³-hybridized carbons (Fsp3) is 0.429. The summed E-state index contributed by atoms with van der Waals surface area (Å²) in [7, 11) is 0. The van der Waals surface area contributed by atoms with E-state index in [0.29, 0.717) is 6.04 Å². The zero-order valence-electron chi connectivity index (χ0n) is 11.2. The lowest BCUT2D eigenvalue weighted by molar-refractivity contribution is 0.569. The van der Waals surface area contributed by atoms with Crippen molar-refractivity contribution in [2.75, 3.05) is 6.54 Å². The van der Waals surface area contributed by atoms with Crippen LogP contribution in [0.3, 0.4) is 0 Å². The molecule has 0 saturated carbocycles. The Morgan fingerprint density at radius 3 is 2.89 bits per heavy atom. The molecule has 1 atom stereocenters. The molecule has 4 nitrogen and oxygen atoms in total. The van der Waals surface area contributed by atoms with Gasteiger partial charge in [-0.15, -0.1) is 0 Å². The third kappa shape index (κ3) is 2.96. The normalized spacial score (nSPS) is 12.6. The lowest BCUT2D eigenvalue weighted by Gasteiger charge is -2.14. The molecule has 18 heavy (non-hydrogen) atoms. The van der Waals surface area contributed by atoms with E-state index >= 15 is 0 Å². The Kier molecular flexibility index (Phi) is 4.10. The number of aromatic nitrogens is 3. The van der Waals surface area contributed by atoms with Gasteiger partial charge < -0.3 is 5.32 Å². The first kappa shape index (κ1) is 12.8. The molecule has 96 valence electrons. The van der Waals surface area contributed by atoms with Crippen LogP contribution in [0.4, 0.5) is 0 Å². The van der Waals surface area contributed by atoms with Gasteiger partial charge in [0.25, 0.3) is 0 Å². The van der Waals surface area contributed by atoms with Crippen LogP contribution in [0.15, 0.2) is 30.6 Å². The molecular formula is C14H20N4. The van der Waals surface area contributed by atoms with Gasteiger partial charge in [-0.25, -0.2) is 9.67 Å². The monoisotopic (exact) mass is 244 g/mol. The SMILES string of the molecule is CCCNC(C)c1ccnc(-n2ccc(C)n2)c1. The van der Waals surface area contributed by atoms with E-state index in [1.54, 1.807) is 0 Å². The molecule has 2 aromatic rings. The molecule has 0 aliphatic rings. The third-order valence-corrected chi connectivity index (χ3v) is 2.93. The number of pyridine rings is 1. The topological polar surface area (TPSA) is 42.7 Å². The van der Waals surface area contributed by atoms with Crippen LogP contribution in [0.5, 0.6) is 0 Å². The van der Waals surface area contributed by atoms with Crippen molar-refractivity contribution in [3.63, 3.8) is 0 Å². The predicted molar refractivity (Wildman–Crippen MR) is 72.8 cm³/mol. The number of hydrogen-bond donors (Lipinski definition) is 1. The summed E-state index contributed by atoms with van der Waals surface area (Å²) in [5.41, 5.74) is 2.24. The first-order valence-corrected chi connectivity index (χ1v) is 6.42. The zero-order valence-corrected chi connectivity index (χ0v) is 11.2. The highest BCUT2D eigenvalue weighted by Gasteiger charge is 2.06. The summed E-state index contributed by atoms with van der Waals surface area (Å²) in [4.78, 5) is 4.36. The van der Waals surface area contributed by atoms with Gasteiger partial charge in [0.15, 0.2) is 5.82 Å². The van der Waals surface area contributed by atoms with Gasteiger partial charge in [0.2, 0.25) is 0 Å². The lowest BCUT2D eigenvalue weighted by atomic mass is 10.1. The molecule has 1 N–H and O–H groups in total. The molecule has 0 fully saturated rings. The second-order valence-corrected chi connectivity index (χ2v) is 4.52. The summed E-state index contributed by atoms with van der Waals surface area (Å²) in [6.45, 7) is 7.35. The summed E-state index contributed by atoms with van der Waals surface area (Å²) in [5, 5.41) is 7.85. The van der Waals surface area contributed by atoms with Crippen LogP contribution in [-0.2, 0) is 0 Å². The highest BCUT2D eigenvalue weighted by Crippen LogP contribution is 2.14. The van der Waals surface area contributed by atoms with Crippen molar-refractivity contribution in [3.8, 4) is 5.82 Å². The quantitative estimate of drug-likeness (QED) is 0.879. The largest absolute Gasteiger partial charge is 0.310 e. The molecule has 0 aromatic carbocycles. The van der Waals surface area contributed by atoms with Crippen LogP contribution in [0.25, 0.3) is 5.82 Å². The maximum Gasteiger partial charge on any atom is 0.153 e. The number of aryl methyl sites for hydroxylation is 1. The average molecular weight is 244 g/mol. The van der Waals surface area contributed by atoms with Gasteiger partial charge in [0.05, 0.1) is 5.69 Å². The smallest absolute Gasteiger partial charge is 0.153 e. The molecule has 1 unspecified atom stereocenters. The van der Waals surface area contributed by atoms with E-state index < -0.39 is 0 Å². The second kappa shape index (κ2) is 5.78. The van der Waals surface area contributed by atoms with Crippen molar-refractivity contribution in [1.82, 2.24) is 20.1 Å². The van der Waals surface area contributed by atoms with Gasteiger partial charge in [0.1, 0.15) is 0 Å². The molecule has 0 spiro atoms. The van der Waals surface area contributed by atoms with Crippen LogP contribution in [-0.4, -0.2) is 21.3 Å². The first-order chi connectivity index (χ1) is 8.70. The Labute approximate surface area is 108 Å². The van der Waals surface area contributed by atoms with Crippen molar-refractivity contribution in [3.05, 3.63) is 41.9 Å². The molecular weight excluding hydrogens is 224 g/mol. The van der Waals surface area contributed by atoms with Crippen LogP contribution in [0.1, 0.15) is 37.6 Å². The average Bonchev–Trinajstić information content (AvgIpc) is 2.83. The number of nitrogens with zero attached hydrogens (tertiary/aromatic N) is 3. The summed E-state index contributed by atoms with van der Waals surface area (Å²) in [6.07, 6.45) is 4.91. The fourth-order valence-corrected chi connectivity index (χ4v) is 1.85. The minimum atomic E-state index is 0.336. The van der Waals surface area contributed by atoms with E-state index in [-0.39, 0.29) is 0 Å². The summed E-state index contributed by atoms with van der Waals surface area (Å²) in [5.74, 6) is 0.866. The standard InChI is InChI=1S/C14H20N4/c1-4-7-15-12(3)13-5-8-16-14(10-13)18-9-6-11(2)17-18/h5-6,8-10,12,15H,4,7H2,1-3H3. The van der Waals surface area contributed by atoms with E-state index in [1.807, 2.05) is 36.1 Å². The minimum absolute atomic E-state index is 0.336.